The van der Waals surface area contributed by atoms with E-state index in [-0.39, 0.29) is 36.4 Å². The Hall–Kier alpha value is -3.01. The van der Waals surface area contributed by atoms with Gasteiger partial charge in [-0.15, -0.1) is 0 Å². The number of halogens is 2. The van der Waals surface area contributed by atoms with Crippen molar-refractivity contribution in [3.8, 4) is 6.07 Å². The third-order valence-corrected chi connectivity index (χ3v) is 5.16. The van der Waals surface area contributed by atoms with Crippen LogP contribution >= 0.6 is 0 Å². The van der Waals surface area contributed by atoms with Crippen LogP contribution in [0.1, 0.15) is 39.9 Å². The van der Waals surface area contributed by atoms with Gasteiger partial charge in [0.1, 0.15) is 23.3 Å². The third-order valence-electron chi connectivity index (χ3n) is 5.16. The lowest BCUT2D eigenvalue weighted by atomic mass is 9.96. The van der Waals surface area contributed by atoms with E-state index in [2.05, 4.69) is 4.98 Å². The van der Waals surface area contributed by atoms with Crippen molar-refractivity contribution in [3.05, 3.63) is 67.6 Å². The van der Waals surface area contributed by atoms with Crippen molar-refractivity contribution < 1.29 is 13.6 Å². The molecular weight excluding hydrogens is 352 g/mol. The molecule has 0 radical (unpaired) electrons. The molecule has 1 aliphatic heterocycles. The number of carbonyl (C=O) groups excluding carboxylic acids is 1. The summed E-state index contributed by atoms with van der Waals surface area (Å²) in [5.74, 6) is -1.12. The Morgan fingerprint density at radius 1 is 1.26 bits per heavy atom. The van der Waals surface area contributed by atoms with Crippen molar-refractivity contribution in [1.29, 1.82) is 5.26 Å². The van der Waals surface area contributed by atoms with Crippen LogP contribution in [-0.2, 0) is 24.2 Å². The van der Waals surface area contributed by atoms with E-state index in [0.29, 0.717) is 29.8 Å². The first-order valence-corrected chi connectivity index (χ1v) is 8.69. The minimum absolute atomic E-state index is 0.0464. The molecule has 0 saturated heterocycles. The van der Waals surface area contributed by atoms with Gasteiger partial charge in [0.15, 0.2) is 0 Å². The Balaban J connectivity index is 1.76. The molecule has 0 bridgehead atoms. The van der Waals surface area contributed by atoms with Crippen LogP contribution in [0, 0.1) is 36.8 Å². The minimum Gasteiger partial charge on any atom is -0.338 e. The first-order valence-electron chi connectivity index (χ1n) is 8.69. The van der Waals surface area contributed by atoms with Gasteiger partial charge in [-0.2, -0.15) is 5.26 Å². The van der Waals surface area contributed by atoms with Crippen molar-refractivity contribution in [2.45, 2.75) is 39.7 Å². The largest absolute Gasteiger partial charge is 0.338 e. The molecule has 140 valence electrons. The summed E-state index contributed by atoms with van der Waals surface area (Å²) >= 11 is 0. The lowest BCUT2D eigenvalue weighted by Gasteiger charge is -2.29. The molecule has 1 N–H and O–H groups in total. The molecule has 2 heterocycles. The van der Waals surface area contributed by atoms with Gasteiger partial charge in [-0.05, 0) is 55.5 Å². The number of benzene rings is 1. The van der Waals surface area contributed by atoms with E-state index in [1.165, 1.54) is 4.90 Å². The smallest absolute Gasteiger partial charge is 0.266 e. The van der Waals surface area contributed by atoms with Crippen LogP contribution in [0.3, 0.4) is 0 Å². The standard InChI is InChI=1S/C20H19F2N3O2/c1-11-13(12(2)24-20(27)15(11)9-23)3-6-19(26)25-8-7-14-16(10-25)18(22)5-4-17(14)21/h4-5H,3,6-8,10H2,1-2H3,(H,24,27). The lowest BCUT2D eigenvalue weighted by Crippen LogP contribution is -2.37. The number of amides is 1. The molecule has 27 heavy (non-hydrogen) atoms. The Labute approximate surface area is 155 Å². The van der Waals surface area contributed by atoms with Crippen LogP contribution in [0.4, 0.5) is 8.78 Å². The summed E-state index contributed by atoms with van der Waals surface area (Å²) in [4.78, 5) is 28.5. The van der Waals surface area contributed by atoms with Crippen LogP contribution < -0.4 is 5.56 Å². The van der Waals surface area contributed by atoms with Gasteiger partial charge in [-0.25, -0.2) is 8.78 Å². The van der Waals surface area contributed by atoms with E-state index in [0.717, 1.165) is 17.7 Å². The fourth-order valence-corrected chi connectivity index (χ4v) is 3.62. The molecule has 7 heteroatoms. The average Bonchev–Trinajstić information content (AvgIpc) is 2.64. The van der Waals surface area contributed by atoms with Crippen LogP contribution in [0.2, 0.25) is 0 Å². The van der Waals surface area contributed by atoms with E-state index < -0.39 is 17.2 Å². The van der Waals surface area contributed by atoms with E-state index in [4.69, 9.17) is 5.26 Å². The van der Waals surface area contributed by atoms with Crippen LogP contribution in [-0.4, -0.2) is 22.3 Å². The zero-order valence-corrected chi connectivity index (χ0v) is 15.2. The maximum Gasteiger partial charge on any atom is 0.266 e. The highest BCUT2D eigenvalue weighted by Gasteiger charge is 2.25. The summed E-state index contributed by atoms with van der Waals surface area (Å²) in [5, 5.41) is 9.13. The molecule has 1 aromatic heterocycles. The summed E-state index contributed by atoms with van der Waals surface area (Å²) in [7, 11) is 0. The van der Waals surface area contributed by atoms with Gasteiger partial charge in [0.2, 0.25) is 5.91 Å². The molecule has 0 saturated carbocycles. The average molecular weight is 371 g/mol. The van der Waals surface area contributed by atoms with Gasteiger partial charge in [0.05, 0.1) is 0 Å². The second-order valence-corrected chi connectivity index (χ2v) is 6.72. The summed E-state index contributed by atoms with van der Waals surface area (Å²) in [6.45, 7) is 3.80. The molecule has 3 rings (SSSR count). The zero-order valence-electron chi connectivity index (χ0n) is 15.2. The molecule has 5 nitrogen and oxygen atoms in total. The second-order valence-electron chi connectivity index (χ2n) is 6.72. The molecule has 0 aliphatic carbocycles. The zero-order chi connectivity index (χ0) is 19.7. The third kappa shape index (κ3) is 3.47. The van der Waals surface area contributed by atoms with E-state index in [1.54, 1.807) is 13.8 Å². The van der Waals surface area contributed by atoms with Crippen molar-refractivity contribution in [1.82, 2.24) is 9.88 Å². The highest BCUT2D eigenvalue weighted by molar-refractivity contribution is 5.77. The molecule has 2 aromatic rings. The molecular formula is C20H19F2N3O2. The molecule has 0 unspecified atom stereocenters. The quantitative estimate of drug-likeness (QED) is 0.901. The van der Waals surface area contributed by atoms with Gasteiger partial charge in [0.25, 0.3) is 5.56 Å². The molecule has 0 spiro atoms. The van der Waals surface area contributed by atoms with Crippen LogP contribution in [0.15, 0.2) is 16.9 Å². The topological polar surface area (TPSA) is 77.0 Å². The number of aryl methyl sites for hydroxylation is 1. The maximum absolute atomic E-state index is 14.0. The second kappa shape index (κ2) is 7.31. The van der Waals surface area contributed by atoms with E-state index in [9.17, 15) is 18.4 Å². The van der Waals surface area contributed by atoms with Crippen molar-refractivity contribution in [2.24, 2.45) is 0 Å². The highest BCUT2D eigenvalue weighted by Crippen LogP contribution is 2.25. The van der Waals surface area contributed by atoms with E-state index in [1.807, 2.05) is 6.07 Å². The molecule has 1 amide bonds. The maximum atomic E-state index is 14.0. The predicted octanol–water partition coefficient (Wildman–Crippen LogP) is 2.66. The Morgan fingerprint density at radius 3 is 2.59 bits per heavy atom. The first-order chi connectivity index (χ1) is 12.8. The van der Waals surface area contributed by atoms with Gasteiger partial charge < -0.3 is 9.88 Å². The number of fused-ring (bicyclic) bond motifs is 1. The number of carbonyl (C=O) groups is 1. The normalized spacial score (nSPS) is 13.2. The van der Waals surface area contributed by atoms with Crippen molar-refractivity contribution in [2.75, 3.05) is 6.54 Å². The molecule has 0 atom stereocenters. The lowest BCUT2D eigenvalue weighted by molar-refractivity contribution is -0.132. The van der Waals surface area contributed by atoms with Gasteiger partial charge >= 0.3 is 0 Å². The molecule has 1 aromatic carbocycles. The fourth-order valence-electron chi connectivity index (χ4n) is 3.62. The van der Waals surface area contributed by atoms with Gasteiger partial charge in [-0.3, -0.25) is 9.59 Å². The Bertz CT molecular complexity index is 1020. The summed E-state index contributed by atoms with van der Waals surface area (Å²) < 4.78 is 27.8. The number of nitrogens with one attached hydrogen (secondary N) is 1. The number of rotatable bonds is 3. The molecule has 0 fully saturated rings. The minimum atomic E-state index is -0.505. The summed E-state index contributed by atoms with van der Waals surface area (Å²) in [5.41, 5.74) is 2.14. The number of hydrogen-bond acceptors (Lipinski definition) is 3. The van der Waals surface area contributed by atoms with Gasteiger partial charge in [0, 0.05) is 30.8 Å². The summed E-state index contributed by atoms with van der Waals surface area (Å²) in [6, 6.07) is 4.08. The number of nitrogens with zero attached hydrogens (tertiary/aromatic N) is 2. The van der Waals surface area contributed by atoms with Crippen LogP contribution in [0.5, 0.6) is 0 Å². The Morgan fingerprint density at radius 2 is 1.93 bits per heavy atom. The number of pyridine rings is 1. The van der Waals surface area contributed by atoms with E-state index >= 15 is 0 Å². The van der Waals surface area contributed by atoms with Crippen LogP contribution in [0.25, 0.3) is 0 Å². The van der Waals surface area contributed by atoms with Crippen molar-refractivity contribution >= 4 is 5.91 Å². The number of hydrogen-bond donors (Lipinski definition) is 1. The number of aromatic amines is 1. The number of aromatic nitrogens is 1. The Kier molecular flexibility index (Phi) is 5.08. The first kappa shape index (κ1) is 18.8. The van der Waals surface area contributed by atoms with Crippen molar-refractivity contribution in [3.63, 3.8) is 0 Å². The summed E-state index contributed by atoms with van der Waals surface area (Å²) in [6.07, 6.45) is 0.793. The predicted molar refractivity (Wildman–Crippen MR) is 95.1 cm³/mol. The number of nitriles is 1. The SMILES string of the molecule is Cc1[nH]c(=O)c(C#N)c(C)c1CCC(=O)N1CCc2c(F)ccc(F)c2C1. The monoisotopic (exact) mass is 371 g/mol. The van der Waals surface area contributed by atoms with Gasteiger partial charge in [-0.1, -0.05) is 0 Å². The fraction of sp³-hybridized carbons (Fsp3) is 0.350. The highest BCUT2D eigenvalue weighted by atomic mass is 19.1. The molecule has 1 aliphatic rings. The number of H-pyrrole nitrogens is 1.